The van der Waals surface area contributed by atoms with Gasteiger partial charge in [0.1, 0.15) is 5.75 Å². The van der Waals surface area contributed by atoms with Crippen LogP contribution in [0.1, 0.15) is 56.2 Å². The van der Waals surface area contributed by atoms with Crippen LogP contribution in [0.2, 0.25) is 0 Å². The molecule has 1 aliphatic rings. The van der Waals surface area contributed by atoms with Crippen molar-refractivity contribution in [3.05, 3.63) is 40.5 Å². The molecule has 1 aliphatic carbocycles. The lowest BCUT2D eigenvalue weighted by Crippen LogP contribution is -2.21. The summed E-state index contributed by atoms with van der Waals surface area (Å²) in [5.41, 5.74) is 4.96. The molecule has 0 amide bonds. The number of hydrogen-bond acceptors (Lipinski definition) is 1. The molecule has 19 heavy (non-hydrogen) atoms. The highest BCUT2D eigenvalue weighted by atomic mass is 16.3. The molecule has 1 heteroatoms. The predicted molar refractivity (Wildman–Crippen MR) is 81.6 cm³/mol. The molecule has 1 nitrogen and oxygen atoms in total. The lowest BCUT2D eigenvalue weighted by molar-refractivity contribution is 0.309. The van der Waals surface area contributed by atoms with Crippen molar-refractivity contribution in [3.8, 4) is 5.75 Å². The average Bonchev–Trinajstić information content (AvgIpc) is 2.27. The first-order valence-electron chi connectivity index (χ1n) is 7.37. The van der Waals surface area contributed by atoms with Crippen molar-refractivity contribution in [2.24, 2.45) is 11.8 Å². The standard InChI is InChI=1S/C18H26O/c1-11(2)15-7-6-12(3)9-16(15)18-14(5)8-13(4)10-17(18)19/h8-11,15-16,19H,6-7H2,1-5H3/t15-,16+/m1/s1. The summed E-state index contributed by atoms with van der Waals surface area (Å²) in [5, 5.41) is 10.4. The Morgan fingerprint density at radius 3 is 2.42 bits per heavy atom. The molecule has 0 heterocycles. The Bertz CT molecular complexity index is 473. The van der Waals surface area contributed by atoms with Crippen LogP contribution in [0.5, 0.6) is 5.75 Å². The van der Waals surface area contributed by atoms with Gasteiger partial charge in [-0.2, -0.15) is 0 Å². The smallest absolute Gasteiger partial charge is 0.119 e. The van der Waals surface area contributed by atoms with Gasteiger partial charge in [0.15, 0.2) is 0 Å². The highest BCUT2D eigenvalue weighted by Crippen LogP contribution is 2.44. The zero-order valence-corrected chi connectivity index (χ0v) is 12.8. The zero-order chi connectivity index (χ0) is 14.2. The summed E-state index contributed by atoms with van der Waals surface area (Å²) in [6, 6.07) is 4.09. The lowest BCUT2D eigenvalue weighted by atomic mass is 9.71. The van der Waals surface area contributed by atoms with Crippen molar-refractivity contribution in [1.82, 2.24) is 0 Å². The fraction of sp³-hybridized carbons (Fsp3) is 0.556. The minimum Gasteiger partial charge on any atom is -0.508 e. The molecule has 1 aromatic carbocycles. The average molecular weight is 258 g/mol. The van der Waals surface area contributed by atoms with Gasteiger partial charge < -0.3 is 5.11 Å². The highest BCUT2D eigenvalue weighted by Gasteiger charge is 2.30. The minimum atomic E-state index is 0.370. The Hall–Kier alpha value is -1.24. The number of aromatic hydroxyl groups is 1. The maximum absolute atomic E-state index is 10.4. The molecular weight excluding hydrogens is 232 g/mol. The van der Waals surface area contributed by atoms with Crippen LogP contribution in [0.3, 0.4) is 0 Å². The van der Waals surface area contributed by atoms with Crippen LogP contribution >= 0.6 is 0 Å². The van der Waals surface area contributed by atoms with E-state index in [0.717, 1.165) is 11.1 Å². The summed E-state index contributed by atoms with van der Waals surface area (Å²) < 4.78 is 0. The number of benzene rings is 1. The maximum Gasteiger partial charge on any atom is 0.119 e. The molecule has 2 rings (SSSR count). The van der Waals surface area contributed by atoms with Crippen molar-refractivity contribution >= 4 is 0 Å². The van der Waals surface area contributed by atoms with E-state index in [1.165, 1.54) is 24.0 Å². The number of phenolic OH excluding ortho intramolecular Hbond substituents is 1. The summed E-state index contributed by atoms with van der Waals surface area (Å²) in [6.45, 7) is 11.0. The van der Waals surface area contributed by atoms with Crippen molar-refractivity contribution in [1.29, 1.82) is 0 Å². The summed E-state index contributed by atoms with van der Waals surface area (Å²) in [6.07, 6.45) is 4.81. The molecule has 0 aliphatic heterocycles. The molecule has 0 radical (unpaired) electrons. The number of allylic oxidation sites excluding steroid dienone is 2. The molecule has 0 unspecified atom stereocenters. The van der Waals surface area contributed by atoms with Gasteiger partial charge in [0.25, 0.3) is 0 Å². The van der Waals surface area contributed by atoms with Crippen LogP contribution < -0.4 is 0 Å². The zero-order valence-electron chi connectivity index (χ0n) is 12.8. The summed E-state index contributed by atoms with van der Waals surface area (Å²) >= 11 is 0. The highest BCUT2D eigenvalue weighted by molar-refractivity contribution is 5.47. The van der Waals surface area contributed by atoms with E-state index >= 15 is 0 Å². The lowest BCUT2D eigenvalue weighted by Gasteiger charge is -2.34. The van der Waals surface area contributed by atoms with E-state index in [2.05, 4.69) is 39.8 Å². The van der Waals surface area contributed by atoms with Gasteiger partial charge in [0.05, 0.1) is 0 Å². The van der Waals surface area contributed by atoms with E-state index in [-0.39, 0.29) is 0 Å². The van der Waals surface area contributed by atoms with E-state index in [0.29, 0.717) is 23.5 Å². The van der Waals surface area contributed by atoms with Crippen LogP contribution in [0.15, 0.2) is 23.8 Å². The van der Waals surface area contributed by atoms with Gasteiger partial charge in [-0.05, 0) is 62.6 Å². The van der Waals surface area contributed by atoms with E-state index in [1.807, 2.05) is 13.0 Å². The van der Waals surface area contributed by atoms with Crippen LogP contribution in [-0.2, 0) is 0 Å². The quantitative estimate of drug-likeness (QED) is 0.731. The molecule has 104 valence electrons. The van der Waals surface area contributed by atoms with Crippen molar-refractivity contribution in [3.63, 3.8) is 0 Å². The van der Waals surface area contributed by atoms with Crippen molar-refractivity contribution in [2.75, 3.05) is 0 Å². The summed E-state index contributed by atoms with van der Waals surface area (Å²) in [7, 11) is 0. The predicted octanol–water partition coefficient (Wildman–Crippen LogP) is 5.10. The molecule has 0 aromatic heterocycles. The number of aryl methyl sites for hydroxylation is 2. The van der Waals surface area contributed by atoms with Crippen LogP contribution in [0.25, 0.3) is 0 Å². The first-order chi connectivity index (χ1) is 8.90. The minimum absolute atomic E-state index is 0.370. The normalized spacial score (nSPS) is 23.6. The van der Waals surface area contributed by atoms with Crippen molar-refractivity contribution in [2.45, 2.75) is 53.4 Å². The van der Waals surface area contributed by atoms with Gasteiger partial charge in [0.2, 0.25) is 0 Å². The van der Waals surface area contributed by atoms with Gasteiger partial charge in [-0.1, -0.05) is 31.6 Å². The Morgan fingerprint density at radius 1 is 1.16 bits per heavy atom. The van der Waals surface area contributed by atoms with Crippen molar-refractivity contribution < 1.29 is 5.11 Å². The monoisotopic (exact) mass is 258 g/mol. The second-order valence-electron chi connectivity index (χ2n) is 6.50. The van der Waals surface area contributed by atoms with E-state index < -0.39 is 0 Å². The van der Waals surface area contributed by atoms with Gasteiger partial charge in [-0.15, -0.1) is 0 Å². The number of hydrogen-bond donors (Lipinski definition) is 1. The molecule has 0 saturated carbocycles. The molecular formula is C18H26O. The molecule has 0 bridgehead atoms. The third-order valence-electron chi connectivity index (χ3n) is 4.50. The third kappa shape index (κ3) is 2.86. The second kappa shape index (κ2) is 5.40. The molecule has 0 spiro atoms. The first kappa shape index (κ1) is 14.2. The van der Waals surface area contributed by atoms with Crippen LogP contribution in [0, 0.1) is 25.7 Å². The number of rotatable bonds is 2. The molecule has 0 fully saturated rings. The van der Waals surface area contributed by atoms with E-state index in [4.69, 9.17) is 0 Å². The molecule has 1 N–H and O–H groups in total. The molecule has 2 atom stereocenters. The maximum atomic E-state index is 10.4. The fourth-order valence-corrected chi connectivity index (χ4v) is 3.52. The largest absolute Gasteiger partial charge is 0.508 e. The third-order valence-corrected chi connectivity index (χ3v) is 4.50. The first-order valence-corrected chi connectivity index (χ1v) is 7.37. The SMILES string of the molecule is CC1=C[C@H](c2c(C)cc(C)cc2O)[C@@H](C(C)C)CC1. The van der Waals surface area contributed by atoms with Crippen LogP contribution in [-0.4, -0.2) is 5.11 Å². The Kier molecular flexibility index (Phi) is 4.03. The van der Waals surface area contributed by atoms with Gasteiger partial charge in [-0.3, -0.25) is 0 Å². The summed E-state index contributed by atoms with van der Waals surface area (Å²) in [4.78, 5) is 0. The Balaban J connectivity index is 2.51. The van der Waals surface area contributed by atoms with Crippen LogP contribution in [0.4, 0.5) is 0 Å². The van der Waals surface area contributed by atoms with Gasteiger partial charge in [-0.25, -0.2) is 0 Å². The van der Waals surface area contributed by atoms with Gasteiger partial charge >= 0.3 is 0 Å². The van der Waals surface area contributed by atoms with E-state index in [1.54, 1.807) is 0 Å². The second-order valence-corrected chi connectivity index (χ2v) is 6.50. The summed E-state index contributed by atoms with van der Waals surface area (Å²) in [5.74, 6) is 2.12. The van der Waals surface area contributed by atoms with E-state index in [9.17, 15) is 5.11 Å². The molecule has 0 saturated heterocycles. The fourth-order valence-electron chi connectivity index (χ4n) is 3.52. The number of phenols is 1. The Labute approximate surface area is 117 Å². The Morgan fingerprint density at radius 2 is 1.84 bits per heavy atom. The topological polar surface area (TPSA) is 20.2 Å². The van der Waals surface area contributed by atoms with Gasteiger partial charge in [0, 0.05) is 11.5 Å². The molecule has 1 aromatic rings.